The molecule has 2 aromatic heterocycles. The van der Waals surface area contributed by atoms with Gasteiger partial charge in [0.1, 0.15) is 11.8 Å². The van der Waals surface area contributed by atoms with Crippen molar-refractivity contribution in [2.75, 3.05) is 13.7 Å². The summed E-state index contributed by atoms with van der Waals surface area (Å²) in [5, 5.41) is 0. The van der Waals surface area contributed by atoms with Gasteiger partial charge in [0.2, 0.25) is 0 Å². The maximum absolute atomic E-state index is 13.3. The highest BCUT2D eigenvalue weighted by Crippen LogP contribution is 2.30. The number of nitrogens with zero attached hydrogens (tertiary/aromatic N) is 4. The Morgan fingerprint density at radius 2 is 2.07 bits per heavy atom. The number of ether oxygens (including phenoxy) is 2. The highest BCUT2D eigenvalue weighted by Gasteiger charge is 2.28. The zero-order chi connectivity index (χ0) is 21.4. The lowest BCUT2D eigenvalue weighted by Crippen LogP contribution is -2.41. The van der Waals surface area contributed by atoms with Crippen molar-refractivity contribution in [1.82, 2.24) is 18.7 Å². The molecule has 0 N–H and O–H groups in total. The van der Waals surface area contributed by atoms with E-state index < -0.39 is 23.3 Å². The highest BCUT2D eigenvalue weighted by atomic mass is 16.5. The largest absolute Gasteiger partial charge is 0.497 e. The Morgan fingerprint density at radius 1 is 1.30 bits per heavy atom. The molecule has 0 aliphatic heterocycles. The third-order valence-electron chi connectivity index (χ3n) is 5.35. The first-order valence-electron chi connectivity index (χ1n) is 9.99. The summed E-state index contributed by atoms with van der Waals surface area (Å²) in [5.41, 5.74) is 0.0133. The molecule has 0 radical (unpaired) electrons. The van der Waals surface area contributed by atoms with Crippen molar-refractivity contribution in [2.24, 2.45) is 5.92 Å². The Hall–Kier alpha value is -3.36. The van der Waals surface area contributed by atoms with E-state index in [-0.39, 0.29) is 17.8 Å². The van der Waals surface area contributed by atoms with Crippen LogP contribution in [0.4, 0.5) is 0 Å². The van der Waals surface area contributed by atoms with Crippen molar-refractivity contribution >= 4 is 17.1 Å². The molecular formula is C21H24N4O5. The molecule has 158 valence electrons. The standard InChI is InChI=1S/C21H24N4O5/c1-4-30-20(27)13(2)24-12-22-18-17(24)19(26)23(11-14-8-9-14)21(28)25(18)15-6-5-7-16(10-15)29-3/h5-7,10,12-14H,4,8-9,11H2,1-3H3/t13-/m1/s1. The van der Waals surface area contributed by atoms with Crippen LogP contribution in [0.2, 0.25) is 0 Å². The predicted octanol–water partition coefficient (Wildman–Crippen LogP) is 1.89. The molecule has 1 fully saturated rings. The molecule has 1 aliphatic carbocycles. The number of imidazole rings is 1. The van der Waals surface area contributed by atoms with Crippen LogP contribution >= 0.6 is 0 Å². The monoisotopic (exact) mass is 412 g/mol. The first kappa shape index (κ1) is 19.9. The second-order valence-corrected chi connectivity index (χ2v) is 7.43. The molecule has 4 rings (SSSR count). The topological polar surface area (TPSA) is 97.4 Å². The van der Waals surface area contributed by atoms with Gasteiger partial charge in [0.25, 0.3) is 5.56 Å². The lowest BCUT2D eigenvalue weighted by atomic mass is 10.3. The molecule has 1 aliphatic rings. The molecule has 30 heavy (non-hydrogen) atoms. The summed E-state index contributed by atoms with van der Waals surface area (Å²) in [5.74, 6) is 0.418. The number of carbonyl (C=O) groups is 1. The van der Waals surface area contributed by atoms with E-state index in [4.69, 9.17) is 9.47 Å². The Balaban J connectivity index is 2.00. The minimum atomic E-state index is -0.756. The zero-order valence-electron chi connectivity index (χ0n) is 17.2. The van der Waals surface area contributed by atoms with E-state index in [9.17, 15) is 14.4 Å². The lowest BCUT2D eigenvalue weighted by molar-refractivity contribution is -0.146. The molecule has 0 saturated heterocycles. The van der Waals surface area contributed by atoms with Crippen LogP contribution in [0.15, 0.2) is 40.2 Å². The SMILES string of the molecule is CCOC(=O)[C@@H](C)n1cnc2c1c(=O)n(CC1CC1)c(=O)n2-c1cccc(OC)c1. The van der Waals surface area contributed by atoms with E-state index in [1.54, 1.807) is 45.2 Å². The van der Waals surface area contributed by atoms with Crippen molar-refractivity contribution in [3.63, 3.8) is 0 Å². The van der Waals surface area contributed by atoms with Gasteiger partial charge >= 0.3 is 11.7 Å². The number of carbonyl (C=O) groups excluding carboxylic acids is 1. The normalized spacial score (nSPS) is 14.6. The van der Waals surface area contributed by atoms with Crippen molar-refractivity contribution in [3.05, 3.63) is 51.4 Å². The first-order valence-corrected chi connectivity index (χ1v) is 9.99. The maximum Gasteiger partial charge on any atom is 0.337 e. The maximum atomic E-state index is 13.3. The molecular weight excluding hydrogens is 388 g/mol. The third-order valence-corrected chi connectivity index (χ3v) is 5.35. The van der Waals surface area contributed by atoms with Crippen LogP contribution in [-0.2, 0) is 16.1 Å². The zero-order valence-corrected chi connectivity index (χ0v) is 17.2. The summed E-state index contributed by atoms with van der Waals surface area (Å²) in [6.45, 7) is 3.94. The number of hydrogen-bond acceptors (Lipinski definition) is 6. The fourth-order valence-electron chi connectivity index (χ4n) is 3.52. The first-order chi connectivity index (χ1) is 14.5. The smallest absolute Gasteiger partial charge is 0.337 e. The molecule has 0 spiro atoms. The Labute approximate surface area is 172 Å². The highest BCUT2D eigenvalue weighted by molar-refractivity contribution is 5.79. The van der Waals surface area contributed by atoms with Crippen molar-refractivity contribution in [1.29, 1.82) is 0 Å². The molecule has 3 aromatic rings. The second-order valence-electron chi connectivity index (χ2n) is 7.43. The summed E-state index contributed by atoms with van der Waals surface area (Å²) in [6.07, 6.45) is 3.38. The van der Waals surface area contributed by atoms with Gasteiger partial charge in [0.15, 0.2) is 11.2 Å². The molecule has 2 heterocycles. The molecule has 9 nitrogen and oxygen atoms in total. The average Bonchev–Trinajstić information content (AvgIpc) is 3.47. The Kier molecular flexibility index (Phi) is 5.19. The molecule has 1 atom stereocenters. The minimum absolute atomic E-state index is 0.193. The molecule has 1 saturated carbocycles. The second kappa shape index (κ2) is 7.81. The summed E-state index contributed by atoms with van der Waals surface area (Å²) < 4.78 is 14.5. The van der Waals surface area contributed by atoms with Gasteiger partial charge in [-0.15, -0.1) is 0 Å². The van der Waals surface area contributed by atoms with Gasteiger partial charge in [-0.25, -0.2) is 19.1 Å². The Morgan fingerprint density at radius 3 is 2.73 bits per heavy atom. The van der Waals surface area contributed by atoms with E-state index in [0.717, 1.165) is 12.8 Å². The summed E-state index contributed by atoms with van der Waals surface area (Å²) in [6, 6.07) is 6.24. The molecule has 0 unspecified atom stereocenters. The van der Waals surface area contributed by atoms with Gasteiger partial charge in [0, 0.05) is 12.6 Å². The molecule has 1 aromatic carbocycles. The van der Waals surface area contributed by atoms with Crippen molar-refractivity contribution in [2.45, 2.75) is 39.3 Å². The number of esters is 1. The van der Waals surface area contributed by atoms with Gasteiger partial charge < -0.3 is 14.0 Å². The number of rotatable bonds is 7. The van der Waals surface area contributed by atoms with Crippen molar-refractivity contribution < 1.29 is 14.3 Å². The van der Waals surface area contributed by atoms with Gasteiger partial charge in [-0.3, -0.25) is 9.36 Å². The summed E-state index contributed by atoms with van der Waals surface area (Å²) in [7, 11) is 1.54. The number of hydrogen-bond donors (Lipinski definition) is 0. The number of fused-ring (bicyclic) bond motifs is 1. The van der Waals surface area contributed by atoms with Gasteiger partial charge in [-0.2, -0.15) is 0 Å². The van der Waals surface area contributed by atoms with Crippen LogP contribution in [0.5, 0.6) is 5.75 Å². The van der Waals surface area contributed by atoms with Crippen LogP contribution in [0.3, 0.4) is 0 Å². The van der Waals surface area contributed by atoms with Crippen LogP contribution in [0, 0.1) is 5.92 Å². The Bertz CT molecular complexity index is 1220. The fraction of sp³-hybridized carbons (Fsp3) is 0.429. The quantitative estimate of drug-likeness (QED) is 0.550. The predicted molar refractivity (Wildman–Crippen MR) is 110 cm³/mol. The van der Waals surface area contributed by atoms with Gasteiger partial charge in [-0.1, -0.05) is 6.07 Å². The number of benzene rings is 1. The molecule has 0 amide bonds. The van der Waals surface area contributed by atoms with Crippen LogP contribution in [-0.4, -0.2) is 38.4 Å². The minimum Gasteiger partial charge on any atom is -0.497 e. The number of methoxy groups -OCH3 is 1. The lowest BCUT2D eigenvalue weighted by Gasteiger charge is -2.15. The summed E-state index contributed by atoms with van der Waals surface area (Å²) in [4.78, 5) is 43.3. The van der Waals surface area contributed by atoms with Crippen LogP contribution in [0.25, 0.3) is 16.9 Å². The average molecular weight is 412 g/mol. The molecule has 0 bridgehead atoms. The summed E-state index contributed by atoms with van der Waals surface area (Å²) >= 11 is 0. The van der Waals surface area contributed by atoms with E-state index in [1.165, 1.54) is 20.0 Å². The van der Waals surface area contributed by atoms with E-state index in [2.05, 4.69) is 4.98 Å². The van der Waals surface area contributed by atoms with E-state index in [0.29, 0.717) is 23.9 Å². The van der Waals surface area contributed by atoms with Gasteiger partial charge in [0.05, 0.1) is 25.7 Å². The fourth-order valence-corrected chi connectivity index (χ4v) is 3.52. The molecule has 9 heteroatoms. The van der Waals surface area contributed by atoms with E-state index in [1.807, 2.05) is 0 Å². The van der Waals surface area contributed by atoms with Crippen molar-refractivity contribution in [3.8, 4) is 11.4 Å². The number of aromatic nitrogens is 4. The van der Waals surface area contributed by atoms with Crippen LogP contribution in [0.1, 0.15) is 32.7 Å². The van der Waals surface area contributed by atoms with E-state index >= 15 is 0 Å². The van der Waals surface area contributed by atoms with Gasteiger partial charge in [-0.05, 0) is 44.7 Å². The van der Waals surface area contributed by atoms with Crippen LogP contribution < -0.4 is 16.0 Å². The third kappa shape index (κ3) is 3.40.